The molecule has 16 heteroatoms. The van der Waals surface area contributed by atoms with E-state index >= 15 is 8.78 Å². The van der Waals surface area contributed by atoms with Crippen molar-refractivity contribution in [3.8, 4) is 68.0 Å². The van der Waals surface area contributed by atoms with Crippen molar-refractivity contribution in [2.45, 2.75) is 99.0 Å². The van der Waals surface area contributed by atoms with E-state index in [1.165, 1.54) is 46.0 Å². The third-order valence-electron chi connectivity index (χ3n) is 20.4. The van der Waals surface area contributed by atoms with Crippen LogP contribution >= 0.6 is 47.8 Å². The Labute approximate surface area is 716 Å². The van der Waals surface area contributed by atoms with Gasteiger partial charge in [0, 0.05) is 85.5 Å². The largest absolute Gasteiger partial charge is 0.496 e. The Morgan fingerprint density at radius 1 is 0.407 bits per heavy atom. The fraction of sp³-hybridized carbons (Fsp3) is 0.196. The van der Waals surface area contributed by atoms with Gasteiger partial charge in [-0.15, -0.1) is 0 Å². The molecule has 0 spiro atoms. The molecule has 0 atom stereocenters. The zero-order valence-corrected chi connectivity index (χ0v) is 73.4. The van der Waals surface area contributed by atoms with Gasteiger partial charge in [0.05, 0.1) is 65.6 Å². The van der Waals surface area contributed by atoms with E-state index in [1.54, 1.807) is 28.4 Å². The molecule has 4 heterocycles. The van der Waals surface area contributed by atoms with Crippen molar-refractivity contribution in [1.29, 1.82) is 0 Å². The van der Waals surface area contributed by atoms with Crippen LogP contribution in [0.4, 0.5) is 18.9 Å². The standard InChI is InChI=1S/C26H26FNO.C25H24FNO2.C16H14FNO.C16H15NO.C10H13Br.C9H9Br2N/c1-4-7-19-11-13-20(14-12-19)17-28-23-15-10-18(2)16-22(23)25(27)26(28)21-8-5-6-9-24(21)29-3;1-17-7-12-22-21(15-17)24(26)25(20-5-3-4-6-23(20)29-2)27(22)16-19-10-8-18(9-11-19)13-14-28;1-10-7-8-13-12(9-10)15(17)16(18-13)11-5-3-4-6-14(11)19-2;1-11-7-8-14-12(9-11)10-15(17-14)13-5-3-4-6-16(13)18-2;1-2-3-9-4-6-10(8-11)7-5-9;1-6-2-3-8(12)7(4-6)5-9(10)11/h5-6,8-16H,4,7,17H2,1-3H3;3-12,15,28H,13-14,16H2,1-2H3;3-9,18H,1-2H3;3-10,17H,1-2H3;4-7H,2-3,8H2,1H3;2-5H,12H2,1H3. The van der Waals surface area contributed by atoms with E-state index in [9.17, 15) is 4.39 Å². The number of rotatable bonds is 20. The number of nitrogen functional groups attached to an aromatic ring is 1. The van der Waals surface area contributed by atoms with Crippen LogP contribution in [0.2, 0.25) is 0 Å². The summed E-state index contributed by atoms with van der Waals surface area (Å²) in [6.45, 7) is 15.7. The first-order chi connectivity index (χ1) is 57.2. The summed E-state index contributed by atoms with van der Waals surface area (Å²) in [7, 11) is 6.52. The number of hydrogen-bond acceptors (Lipinski definition) is 6. The fourth-order valence-electron chi connectivity index (χ4n) is 14.4. The van der Waals surface area contributed by atoms with Crippen LogP contribution in [0.15, 0.2) is 270 Å². The van der Waals surface area contributed by atoms with Gasteiger partial charge in [0.1, 0.15) is 23.0 Å². The van der Waals surface area contributed by atoms with Crippen molar-refractivity contribution in [3.05, 3.63) is 355 Å². The van der Waals surface area contributed by atoms with Crippen LogP contribution in [-0.2, 0) is 37.7 Å². The summed E-state index contributed by atoms with van der Waals surface area (Å²) in [5.41, 5.74) is 30.3. The van der Waals surface area contributed by atoms with Gasteiger partial charge < -0.3 is 48.9 Å². The minimum atomic E-state index is -0.233. The monoisotopic (exact) mass is 1770 g/mol. The number of nitrogens with two attached hydrogens (primary N) is 1. The van der Waals surface area contributed by atoms with Crippen molar-refractivity contribution in [2.24, 2.45) is 0 Å². The van der Waals surface area contributed by atoms with Gasteiger partial charge in [-0.05, 0) is 246 Å². The first kappa shape index (κ1) is 87.6. The summed E-state index contributed by atoms with van der Waals surface area (Å²) in [6.07, 6.45) is 7.20. The summed E-state index contributed by atoms with van der Waals surface area (Å²) in [4.78, 5) is 6.56. The maximum Gasteiger partial charge on any atom is 0.156 e. The van der Waals surface area contributed by atoms with Gasteiger partial charge in [0.25, 0.3) is 0 Å². The molecular formula is C102H101Br3F3N5O5. The van der Waals surface area contributed by atoms with E-state index in [0.29, 0.717) is 70.0 Å². The lowest BCUT2D eigenvalue weighted by Gasteiger charge is -2.14. The topological polar surface area (TPSA) is 125 Å². The molecule has 0 aliphatic carbocycles. The SMILES string of the molecule is CCCc1ccc(CBr)cc1.CCCc1ccc(Cn2c(-c3ccccc3OC)c(F)c3cc(C)ccc32)cc1.COc1ccccc1-c1[nH]c2ccc(C)cc2c1F.COc1ccccc1-c1c(F)c2cc(C)ccc2n1Cc1ccc(CCO)cc1.COc1ccccc1-c1cc2cc(C)ccc2[nH]1.Cc1ccc(N)c(C=C(Br)Br)c1. The van der Waals surface area contributed by atoms with Crippen LogP contribution in [0.1, 0.15) is 93.5 Å². The van der Waals surface area contributed by atoms with Crippen LogP contribution in [0.3, 0.4) is 0 Å². The Kier molecular flexibility index (Phi) is 31.3. The van der Waals surface area contributed by atoms with Gasteiger partial charge in [0.2, 0.25) is 0 Å². The number of alkyl halides is 1. The molecule has 12 aromatic carbocycles. The number of nitrogens with one attached hydrogen (secondary N) is 2. The Hall–Kier alpha value is -11.3. The number of H-pyrrole nitrogens is 2. The van der Waals surface area contributed by atoms with E-state index in [-0.39, 0.29) is 24.1 Å². The third-order valence-corrected chi connectivity index (χ3v) is 21.5. The van der Waals surface area contributed by atoms with Crippen LogP contribution in [-0.4, -0.2) is 59.3 Å². The zero-order chi connectivity index (χ0) is 83.9. The summed E-state index contributed by atoms with van der Waals surface area (Å²) < 4.78 is 72.5. The molecule has 0 aliphatic heterocycles. The van der Waals surface area contributed by atoms with E-state index in [0.717, 1.165) is 122 Å². The zero-order valence-electron chi connectivity index (χ0n) is 68.7. The van der Waals surface area contributed by atoms with Gasteiger partial charge in [-0.3, -0.25) is 0 Å². The maximum atomic E-state index is 15.7. The number of aromatic nitrogens is 4. The predicted octanol–water partition coefficient (Wildman–Crippen LogP) is 27.8. The highest BCUT2D eigenvalue weighted by Crippen LogP contribution is 2.42. The molecule has 0 radical (unpaired) electrons. The van der Waals surface area contributed by atoms with Gasteiger partial charge in [-0.25, -0.2) is 13.2 Å². The van der Waals surface area contributed by atoms with Gasteiger partial charge in [0.15, 0.2) is 17.5 Å². The highest BCUT2D eigenvalue weighted by atomic mass is 79.9. The third kappa shape index (κ3) is 21.9. The average molecular weight is 1770 g/mol. The molecule has 0 bridgehead atoms. The number of methoxy groups -OCH3 is 4. The number of aliphatic hydroxyl groups excluding tert-OH is 1. The molecule has 16 aromatic rings. The Bertz CT molecular complexity index is 5880. The van der Waals surface area contributed by atoms with Gasteiger partial charge in [-0.1, -0.05) is 222 Å². The van der Waals surface area contributed by atoms with Crippen LogP contribution < -0.4 is 24.7 Å². The molecule has 5 N–H and O–H groups in total. The van der Waals surface area contributed by atoms with Crippen LogP contribution in [0, 0.1) is 52.1 Å². The van der Waals surface area contributed by atoms with Crippen molar-refractivity contribution >= 4 is 103 Å². The number of aromatic amines is 2. The maximum absolute atomic E-state index is 15.7. The number of aliphatic hydroxyl groups is 1. The molecule has 4 aromatic heterocycles. The minimum Gasteiger partial charge on any atom is -0.496 e. The quantitative estimate of drug-likeness (QED) is 0.0445. The van der Waals surface area contributed by atoms with E-state index in [2.05, 4.69) is 162 Å². The average Bonchev–Trinajstić information content (AvgIpc) is 1.61. The molecule has 0 aliphatic rings. The number of aryl methyl sites for hydroxylation is 7. The number of ether oxygens (including phenoxy) is 4. The van der Waals surface area contributed by atoms with E-state index in [4.69, 9.17) is 29.8 Å². The molecule has 118 heavy (non-hydrogen) atoms. The molecule has 0 saturated carbocycles. The summed E-state index contributed by atoms with van der Waals surface area (Å²) in [5.74, 6) is 2.20. The highest BCUT2D eigenvalue weighted by Gasteiger charge is 2.25. The van der Waals surface area contributed by atoms with Crippen molar-refractivity contribution in [3.63, 3.8) is 0 Å². The highest BCUT2D eigenvalue weighted by molar-refractivity contribution is 9.28. The fourth-order valence-corrected chi connectivity index (χ4v) is 15.3. The molecule has 0 saturated heterocycles. The number of nitrogens with zero attached hydrogens (tertiary/aromatic N) is 2. The molecule has 0 amide bonds. The molecule has 0 fully saturated rings. The van der Waals surface area contributed by atoms with Gasteiger partial charge >= 0.3 is 0 Å². The second-order valence-corrected chi connectivity index (χ2v) is 32.4. The lowest BCUT2D eigenvalue weighted by molar-refractivity contribution is 0.299. The summed E-state index contributed by atoms with van der Waals surface area (Å²) >= 11 is 10.0. The summed E-state index contributed by atoms with van der Waals surface area (Å²) in [6, 6.07) is 88.2. The van der Waals surface area contributed by atoms with Crippen molar-refractivity contribution < 1.29 is 37.2 Å². The number of para-hydroxylation sites is 4. The lowest BCUT2D eigenvalue weighted by Crippen LogP contribution is -2.03. The molecular weight excluding hydrogens is 1670 g/mol. The molecule has 16 rings (SSSR count). The second-order valence-electron chi connectivity index (χ2n) is 29.1. The number of hydrogen-bond donors (Lipinski definition) is 4. The Balaban J connectivity index is 0.000000144. The molecule has 606 valence electrons. The van der Waals surface area contributed by atoms with E-state index < -0.39 is 0 Å². The number of anilines is 1. The van der Waals surface area contributed by atoms with Crippen molar-refractivity contribution in [1.82, 2.24) is 19.1 Å². The predicted molar refractivity (Wildman–Crippen MR) is 498 cm³/mol. The molecule has 0 unspecified atom stereocenters. The normalized spacial score (nSPS) is 10.8. The van der Waals surface area contributed by atoms with Gasteiger partial charge in [-0.2, -0.15) is 0 Å². The lowest BCUT2D eigenvalue weighted by atomic mass is 10.1. The van der Waals surface area contributed by atoms with Crippen LogP contribution in [0.25, 0.3) is 94.7 Å². The minimum absolute atomic E-state index is 0.129. The summed E-state index contributed by atoms with van der Waals surface area (Å²) in [5, 5.41) is 13.2. The first-order valence-electron chi connectivity index (χ1n) is 39.4. The Morgan fingerprint density at radius 2 is 0.788 bits per heavy atom. The smallest absolute Gasteiger partial charge is 0.156 e. The number of fused-ring (bicyclic) bond motifs is 4. The number of benzene rings is 12. The second kappa shape index (κ2) is 42.2. The van der Waals surface area contributed by atoms with Crippen LogP contribution in [0.5, 0.6) is 23.0 Å². The number of halogens is 6. The Morgan fingerprint density at radius 3 is 1.25 bits per heavy atom. The molecule has 10 nitrogen and oxygen atoms in total. The van der Waals surface area contributed by atoms with E-state index in [1.807, 2.05) is 226 Å². The first-order valence-corrected chi connectivity index (χ1v) is 42.2. The van der Waals surface area contributed by atoms with Crippen molar-refractivity contribution in [2.75, 3.05) is 40.8 Å².